The van der Waals surface area contributed by atoms with Gasteiger partial charge < -0.3 is 15.3 Å². The number of imide groups is 1. The molecule has 34 heavy (non-hydrogen) atoms. The summed E-state index contributed by atoms with van der Waals surface area (Å²) in [5.74, 6) is -1.92. The number of anilines is 1. The molecule has 0 aliphatic carbocycles. The third-order valence-corrected chi connectivity index (χ3v) is 6.45. The normalized spacial score (nSPS) is 17.5. The fourth-order valence-corrected chi connectivity index (χ4v) is 4.66. The lowest BCUT2D eigenvalue weighted by Gasteiger charge is -2.38. The summed E-state index contributed by atoms with van der Waals surface area (Å²) in [4.78, 5) is 42.4. The smallest absolute Gasteiger partial charge is 0.354 e. The Balaban J connectivity index is 1.64. The monoisotopic (exact) mass is 466 g/mol. The number of carbonyl (C=O) groups excluding carboxylic acids is 2. The molecule has 176 valence electrons. The van der Waals surface area contributed by atoms with Gasteiger partial charge in [-0.2, -0.15) is 5.10 Å². The molecule has 0 saturated carbocycles. The van der Waals surface area contributed by atoms with Crippen molar-refractivity contribution in [3.05, 3.63) is 47.5 Å². The number of pyridine rings is 1. The minimum absolute atomic E-state index is 0.00328. The van der Waals surface area contributed by atoms with E-state index in [1.165, 1.54) is 22.9 Å². The van der Waals surface area contributed by atoms with Gasteiger partial charge in [-0.3, -0.25) is 10.1 Å². The number of hydrogen-bond donors (Lipinski definition) is 3. The molecule has 1 aromatic carbocycles. The quantitative estimate of drug-likeness (QED) is 0.504. The number of hydrogen-bond acceptors (Lipinski definition) is 6. The number of carbonyl (C=O) groups is 3. The molecule has 5 rings (SSSR count). The predicted molar refractivity (Wildman–Crippen MR) is 121 cm³/mol. The van der Waals surface area contributed by atoms with Crippen LogP contribution in [0.3, 0.4) is 0 Å². The summed E-state index contributed by atoms with van der Waals surface area (Å²) in [7, 11) is 0. The van der Waals surface area contributed by atoms with Crippen LogP contribution in [0.15, 0.2) is 30.3 Å². The summed E-state index contributed by atoms with van der Waals surface area (Å²) in [6.07, 6.45) is 0.750. The molecule has 3 aromatic rings. The first kappa shape index (κ1) is 21.8. The number of amides is 3. The predicted octanol–water partition coefficient (Wildman–Crippen LogP) is 2.56. The molecule has 2 fully saturated rings. The van der Waals surface area contributed by atoms with Gasteiger partial charge in [0.15, 0.2) is 11.3 Å². The number of halogens is 1. The number of carboxylic acids is 1. The van der Waals surface area contributed by atoms with Gasteiger partial charge >= 0.3 is 12.0 Å². The third-order valence-electron chi connectivity index (χ3n) is 6.45. The van der Waals surface area contributed by atoms with E-state index in [2.05, 4.69) is 15.6 Å². The Bertz CT molecular complexity index is 1330. The van der Waals surface area contributed by atoms with Crippen molar-refractivity contribution in [1.29, 1.82) is 0 Å². The van der Waals surface area contributed by atoms with Crippen molar-refractivity contribution >= 4 is 34.6 Å². The molecule has 0 bridgehead atoms. The van der Waals surface area contributed by atoms with E-state index < -0.39 is 23.4 Å². The van der Waals surface area contributed by atoms with Crippen LogP contribution >= 0.6 is 0 Å². The highest BCUT2D eigenvalue weighted by atomic mass is 19.1. The molecule has 2 aliphatic heterocycles. The Morgan fingerprint density at radius 3 is 2.41 bits per heavy atom. The molecule has 3 N–H and O–H groups in total. The number of nitrogens with zero attached hydrogens (tertiary/aromatic N) is 4. The summed E-state index contributed by atoms with van der Waals surface area (Å²) in [5, 5.41) is 20.2. The van der Waals surface area contributed by atoms with Gasteiger partial charge in [0.25, 0.3) is 5.91 Å². The summed E-state index contributed by atoms with van der Waals surface area (Å²) < 4.78 is 15.1. The Morgan fingerprint density at radius 2 is 1.85 bits per heavy atom. The van der Waals surface area contributed by atoms with Crippen molar-refractivity contribution in [2.24, 2.45) is 0 Å². The molecule has 0 atom stereocenters. The largest absolute Gasteiger partial charge is 0.477 e. The molecule has 10 nitrogen and oxygen atoms in total. The van der Waals surface area contributed by atoms with Crippen molar-refractivity contribution in [2.75, 3.05) is 18.0 Å². The number of aromatic nitrogens is 3. The standard InChI is InChI=1S/C23H23FN6O4/c1-12(2)18-17-16(29-9-7-23(8-10-29)21(33)26-22(34)27-23)11-15(20(31)32)25-19(17)30(28-18)14-5-3-13(24)4-6-14/h3-6,11-12H,7-10H2,1-2H3,(H,31,32)(H2,26,27,33,34). The first-order valence-corrected chi connectivity index (χ1v) is 11.0. The van der Waals surface area contributed by atoms with E-state index in [-0.39, 0.29) is 17.5 Å². The van der Waals surface area contributed by atoms with Crippen molar-refractivity contribution < 1.29 is 23.9 Å². The van der Waals surface area contributed by atoms with Crippen molar-refractivity contribution in [1.82, 2.24) is 25.4 Å². The van der Waals surface area contributed by atoms with E-state index in [1.54, 1.807) is 12.1 Å². The first-order valence-electron chi connectivity index (χ1n) is 11.0. The lowest BCUT2D eigenvalue weighted by atomic mass is 9.87. The second-order valence-electron chi connectivity index (χ2n) is 8.94. The van der Waals surface area contributed by atoms with E-state index in [1.807, 2.05) is 18.7 Å². The topological polar surface area (TPSA) is 129 Å². The second-order valence-corrected chi connectivity index (χ2v) is 8.94. The average molecular weight is 466 g/mol. The maximum Gasteiger partial charge on any atom is 0.354 e. The zero-order chi connectivity index (χ0) is 24.2. The van der Waals surface area contributed by atoms with Gasteiger partial charge in [0, 0.05) is 13.1 Å². The van der Waals surface area contributed by atoms with Gasteiger partial charge in [-0.15, -0.1) is 0 Å². The highest BCUT2D eigenvalue weighted by Gasteiger charge is 2.48. The van der Waals surface area contributed by atoms with Crippen LogP contribution in [0.2, 0.25) is 0 Å². The summed E-state index contributed by atoms with van der Waals surface area (Å²) in [6.45, 7) is 4.81. The maximum absolute atomic E-state index is 13.5. The molecule has 0 unspecified atom stereocenters. The number of piperidine rings is 1. The van der Waals surface area contributed by atoms with E-state index in [9.17, 15) is 23.9 Å². The van der Waals surface area contributed by atoms with E-state index in [0.29, 0.717) is 48.3 Å². The molecule has 0 radical (unpaired) electrons. The van der Waals surface area contributed by atoms with Crippen LogP contribution in [-0.4, -0.2) is 56.4 Å². The lowest BCUT2D eigenvalue weighted by molar-refractivity contribution is -0.124. The number of carboxylic acid groups (broad SMARTS) is 1. The molecule has 2 aliphatic rings. The SMILES string of the molecule is CC(C)c1nn(-c2ccc(F)cc2)c2nc(C(=O)O)cc(N3CCC4(CC3)NC(=O)NC4=O)c12. The third kappa shape index (κ3) is 3.44. The molecular weight excluding hydrogens is 443 g/mol. The summed E-state index contributed by atoms with van der Waals surface area (Å²) in [5.41, 5.74) is 1.20. The van der Waals surface area contributed by atoms with Gasteiger partial charge in [-0.25, -0.2) is 23.6 Å². The molecule has 3 amide bonds. The average Bonchev–Trinajstić information content (AvgIpc) is 3.31. The van der Waals surface area contributed by atoms with Crippen molar-refractivity contribution in [2.45, 2.75) is 38.1 Å². The first-order chi connectivity index (χ1) is 16.2. The van der Waals surface area contributed by atoms with Crippen LogP contribution in [0.1, 0.15) is 48.8 Å². The number of nitrogens with one attached hydrogen (secondary N) is 2. The molecule has 11 heteroatoms. The van der Waals surface area contributed by atoms with Gasteiger partial charge in [0.1, 0.15) is 11.4 Å². The molecule has 1 spiro atoms. The van der Waals surface area contributed by atoms with E-state index >= 15 is 0 Å². The number of fused-ring (bicyclic) bond motifs is 1. The van der Waals surface area contributed by atoms with Crippen molar-refractivity contribution in [3.63, 3.8) is 0 Å². The van der Waals surface area contributed by atoms with Crippen LogP contribution in [0.4, 0.5) is 14.9 Å². The van der Waals surface area contributed by atoms with Gasteiger partial charge in [-0.1, -0.05) is 13.8 Å². The van der Waals surface area contributed by atoms with Crippen molar-refractivity contribution in [3.8, 4) is 5.69 Å². The second kappa shape index (κ2) is 7.79. The minimum Gasteiger partial charge on any atom is -0.477 e. The Labute approximate surface area is 193 Å². The Morgan fingerprint density at radius 1 is 1.18 bits per heavy atom. The van der Waals surface area contributed by atoms with Crippen LogP contribution < -0.4 is 15.5 Å². The zero-order valence-electron chi connectivity index (χ0n) is 18.6. The van der Waals surface area contributed by atoms with Crippen LogP contribution in [-0.2, 0) is 4.79 Å². The zero-order valence-corrected chi connectivity index (χ0v) is 18.6. The van der Waals surface area contributed by atoms with Gasteiger partial charge in [-0.05, 0) is 49.1 Å². The van der Waals surface area contributed by atoms with E-state index in [0.717, 1.165) is 5.69 Å². The molecule has 4 heterocycles. The summed E-state index contributed by atoms with van der Waals surface area (Å²) in [6, 6.07) is 6.77. The maximum atomic E-state index is 13.5. The van der Waals surface area contributed by atoms with Crippen LogP contribution in [0.25, 0.3) is 16.7 Å². The number of rotatable bonds is 4. The number of urea groups is 1. The van der Waals surface area contributed by atoms with Crippen LogP contribution in [0.5, 0.6) is 0 Å². The molecule has 2 saturated heterocycles. The molecular formula is C23H23FN6O4. The summed E-state index contributed by atoms with van der Waals surface area (Å²) >= 11 is 0. The number of aromatic carboxylic acids is 1. The van der Waals surface area contributed by atoms with Gasteiger partial charge in [0.05, 0.1) is 22.5 Å². The molecule has 2 aromatic heterocycles. The lowest BCUT2D eigenvalue weighted by Crippen LogP contribution is -2.55. The highest BCUT2D eigenvalue weighted by molar-refractivity contribution is 6.07. The Hall–Kier alpha value is -4.02. The van der Waals surface area contributed by atoms with Crippen LogP contribution in [0, 0.1) is 5.82 Å². The Kier molecular flexibility index (Phi) is 4.99. The fraction of sp³-hybridized carbons (Fsp3) is 0.348. The number of benzene rings is 1. The fourth-order valence-electron chi connectivity index (χ4n) is 4.66. The van der Waals surface area contributed by atoms with E-state index in [4.69, 9.17) is 5.10 Å². The van der Waals surface area contributed by atoms with Gasteiger partial charge in [0.2, 0.25) is 0 Å². The minimum atomic E-state index is -1.18. The highest BCUT2D eigenvalue weighted by Crippen LogP contribution is 2.37.